The number of piperidine rings is 1. The van der Waals surface area contributed by atoms with Crippen LogP contribution in [0.15, 0.2) is 0 Å². The Labute approximate surface area is 168 Å². The molecule has 25 heavy (non-hydrogen) atoms. The molecule has 1 N–H and O–H groups in total. The predicted molar refractivity (Wildman–Crippen MR) is 110 cm³/mol. The first-order valence-corrected chi connectivity index (χ1v) is 9.83. The predicted octanol–water partition coefficient (Wildman–Crippen LogP) is 4.10. The van der Waals surface area contributed by atoms with Crippen LogP contribution in [0.1, 0.15) is 59.9 Å². The summed E-state index contributed by atoms with van der Waals surface area (Å²) in [5, 5.41) is 4.68. The second-order valence-corrected chi connectivity index (χ2v) is 8.73. The van der Waals surface area contributed by atoms with E-state index in [1.54, 1.807) is 11.3 Å². The standard InChI is InChI=1S/C18H29N3OS.2ClH/c1-12(2)10-16-17(23-13(3)20-16)18(22)21-8-6-15(7-9-21)19-11-14-4-5-14;;/h12,14-15,19H,4-11H2,1-3H3;2*1H. The number of amides is 1. The average molecular weight is 408 g/mol. The third-order valence-corrected chi connectivity index (χ3v) is 5.78. The molecule has 1 aliphatic heterocycles. The molecule has 2 heterocycles. The molecule has 1 saturated heterocycles. The maximum absolute atomic E-state index is 12.9. The number of carbonyl (C=O) groups is 1. The highest BCUT2D eigenvalue weighted by molar-refractivity contribution is 7.13. The van der Waals surface area contributed by atoms with Crippen LogP contribution in [-0.2, 0) is 6.42 Å². The highest BCUT2D eigenvalue weighted by Gasteiger charge is 2.28. The average Bonchev–Trinajstić information content (AvgIpc) is 3.27. The Bertz CT molecular complexity index is 553. The largest absolute Gasteiger partial charge is 0.338 e. The second kappa shape index (κ2) is 10.1. The number of aryl methyl sites for hydroxylation is 1. The van der Waals surface area contributed by atoms with Crippen LogP contribution in [0.5, 0.6) is 0 Å². The third-order valence-electron chi connectivity index (χ3n) is 4.77. The fraction of sp³-hybridized carbons (Fsp3) is 0.778. The van der Waals surface area contributed by atoms with Gasteiger partial charge in [0.25, 0.3) is 5.91 Å². The third kappa shape index (κ3) is 6.38. The summed E-state index contributed by atoms with van der Waals surface area (Å²) < 4.78 is 0. The summed E-state index contributed by atoms with van der Waals surface area (Å²) in [5.41, 5.74) is 1.00. The van der Waals surface area contributed by atoms with Crippen molar-refractivity contribution in [2.75, 3.05) is 19.6 Å². The molecule has 0 radical (unpaired) electrons. The number of nitrogens with zero attached hydrogens (tertiary/aromatic N) is 2. The molecule has 0 atom stereocenters. The van der Waals surface area contributed by atoms with Gasteiger partial charge >= 0.3 is 0 Å². The van der Waals surface area contributed by atoms with Crippen LogP contribution in [-0.4, -0.2) is 41.5 Å². The Morgan fingerprint density at radius 2 is 1.88 bits per heavy atom. The van der Waals surface area contributed by atoms with E-state index < -0.39 is 0 Å². The lowest BCUT2D eigenvalue weighted by Gasteiger charge is -2.32. The van der Waals surface area contributed by atoms with E-state index >= 15 is 0 Å². The zero-order valence-corrected chi connectivity index (χ0v) is 17.9. The number of nitrogens with one attached hydrogen (secondary N) is 1. The van der Waals surface area contributed by atoms with Gasteiger partial charge in [-0.05, 0) is 57.4 Å². The van der Waals surface area contributed by atoms with Crippen LogP contribution in [0.4, 0.5) is 0 Å². The first kappa shape index (κ1) is 22.7. The molecule has 0 spiro atoms. The molecule has 1 aliphatic carbocycles. The quantitative estimate of drug-likeness (QED) is 0.771. The first-order chi connectivity index (χ1) is 11.0. The molecule has 1 aromatic heterocycles. The van der Waals surface area contributed by atoms with E-state index in [9.17, 15) is 4.79 Å². The Morgan fingerprint density at radius 1 is 1.24 bits per heavy atom. The lowest BCUT2D eigenvalue weighted by atomic mass is 10.0. The molecule has 4 nitrogen and oxygen atoms in total. The number of aromatic nitrogens is 1. The Balaban J connectivity index is 0.00000156. The minimum Gasteiger partial charge on any atom is -0.338 e. The molecule has 1 saturated carbocycles. The number of halogens is 2. The Hall–Kier alpha value is -0.360. The van der Waals surface area contributed by atoms with Crippen molar-refractivity contribution >= 4 is 42.1 Å². The topological polar surface area (TPSA) is 45.2 Å². The van der Waals surface area contributed by atoms with Crippen LogP contribution in [0, 0.1) is 18.8 Å². The van der Waals surface area contributed by atoms with Gasteiger partial charge in [-0.2, -0.15) is 0 Å². The van der Waals surface area contributed by atoms with Crippen molar-refractivity contribution < 1.29 is 4.79 Å². The lowest BCUT2D eigenvalue weighted by Crippen LogP contribution is -2.45. The number of thiazole rings is 1. The minimum atomic E-state index is 0. The summed E-state index contributed by atoms with van der Waals surface area (Å²) in [6.07, 6.45) is 5.84. The normalized spacial score (nSPS) is 18.0. The Morgan fingerprint density at radius 3 is 2.44 bits per heavy atom. The van der Waals surface area contributed by atoms with Gasteiger partial charge in [-0.25, -0.2) is 4.98 Å². The van der Waals surface area contributed by atoms with Crippen LogP contribution < -0.4 is 5.32 Å². The SMILES string of the molecule is Cc1nc(CC(C)C)c(C(=O)N2CCC(NCC3CC3)CC2)s1.Cl.Cl. The molecule has 144 valence electrons. The molecule has 0 aromatic carbocycles. The van der Waals surface area contributed by atoms with Crippen LogP contribution in [0.3, 0.4) is 0 Å². The molecule has 7 heteroatoms. The zero-order chi connectivity index (χ0) is 16.4. The van der Waals surface area contributed by atoms with Crippen molar-refractivity contribution in [3.05, 3.63) is 15.6 Å². The molecule has 1 amide bonds. The number of hydrogen-bond acceptors (Lipinski definition) is 4. The van der Waals surface area contributed by atoms with Crippen LogP contribution in [0.25, 0.3) is 0 Å². The van der Waals surface area contributed by atoms with E-state index in [-0.39, 0.29) is 30.7 Å². The maximum atomic E-state index is 12.9. The number of carbonyl (C=O) groups excluding carboxylic acids is 1. The van der Waals surface area contributed by atoms with Gasteiger partial charge in [0.2, 0.25) is 0 Å². The summed E-state index contributed by atoms with van der Waals surface area (Å²) in [6.45, 7) is 9.28. The lowest BCUT2D eigenvalue weighted by molar-refractivity contribution is 0.0708. The van der Waals surface area contributed by atoms with Crippen molar-refractivity contribution in [2.24, 2.45) is 11.8 Å². The zero-order valence-electron chi connectivity index (χ0n) is 15.4. The van der Waals surface area contributed by atoms with Gasteiger partial charge < -0.3 is 10.2 Å². The summed E-state index contributed by atoms with van der Waals surface area (Å²) in [6, 6.07) is 0.595. The molecule has 1 aromatic rings. The monoisotopic (exact) mass is 407 g/mol. The number of hydrogen-bond donors (Lipinski definition) is 1. The highest BCUT2D eigenvalue weighted by atomic mass is 35.5. The fourth-order valence-corrected chi connectivity index (χ4v) is 4.16. The van der Waals surface area contributed by atoms with E-state index in [4.69, 9.17) is 0 Å². The molecule has 0 unspecified atom stereocenters. The van der Waals surface area contributed by atoms with E-state index in [0.29, 0.717) is 12.0 Å². The summed E-state index contributed by atoms with van der Waals surface area (Å²) in [4.78, 5) is 20.4. The summed E-state index contributed by atoms with van der Waals surface area (Å²) >= 11 is 1.56. The molecule has 2 fully saturated rings. The van der Waals surface area contributed by atoms with E-state index in [0.717, 1.165) is 53.8 Å². The molecular weight excluding hydrogens is 377 g/mol. The summed E-state index contributed by atoms with van der Waals surface area (Å²) in [7, 11) is 0. The molecule has 3 rings (SSSR count). The van der Waals surface area contributed by atoms with Gasteiger partial charge in [-0.1, -0.05) is 13.8 Å². The first-order valence-electron chi connectivity index (χ1n) is 9.02. The van der Waals surface area contributed by atoms with Crippen molar-refractivity contribution in [2.45, 2.75) is 58.9 Å². The van der Waals surface area contributed by atoms with Gasteiger partial charge in [0, 0.05) is 19.1 Å². The van der Waals surface area contributed by atoms with Crippen molar-refractivity contribution in [3.8, 4) is 0 Å². The van der Waals surface area contributed by atoms with E-state index in [1.807, 2.05) is 11.8 Å². The molecule has 0 bridgehead atoms. The summed E-state index contributed by atoms with van der Waals surface area (Å²) in [5.74, 6) is 1.65. The number of rotatable bonds is 6. The van der Waals surface area contributed by atoms with Gasteiger partial charge in [0.1, 0.15) is 4.88 Å². The van der Waals surface area contributed by atoms with E-state index in [2.05, 4.69) is 24.1 Å². The fourth-order valence-electron chi connectivity index (χ4n) is 3.25. The Kier molecular flexibility index (Phi) is 9.16. The van der Waals surface area contributed by atoms with Gasteiger partial charge in [0.15, 0.2) is 0 Å². The van der Waals surface area contributed by atoms with Crippen molar-refractivity contribution in [3.63, 3.8) is 0 Å². The maximum Gasteiger partial charge on any atom is 0.265 e. The molecular formula is C18H31Cl2N3OS. The van der Waals surface area contributed by atoms with Crippen LogP contribution in [0.2, 0.25) is 0 Å². The van der Waals surface area contributed by atoms with Gasteiger partial charge in [-0.3, -0.25) is 4.79 Å². The van der Waals surface area contributed by atoms with Crippen molar-refractivity contribution in [1.82, 2.24) is 15.2 Å². The molecule has 2 aliphatic rings. The number of likely N-dealkylation sites (tertiary alicyclic amines) is 1. The van der Waals surface area contributed by atoms with Crippen LogP contribution >= 0.6 is 36.2 Å². The van der Waals surface area contributed by atoms with E-state index in [1.165, 1.54) is 19.4 Å². The van der Waals surface area contributed by atoms with Gasteiger partial charge in [0.05, 0.1) is 10.7 Å². The second-order valence-electron chi connectivity index (χ2n) is 7.52. The smallest absolute Gasteiger partial charge is 0.265 e. The highest BCUT2D eigenvalue weighted by Crippen LogP contribution is 2.28. The minimum absolute atomic E-state index is 0. The van der Waals surface area contributed by atoms with Gasteiger partial charge in [-0.15, -0.1) is 36.2 Å². The van der Waals surface area contributed by atoms with Crippen molar-refractivity contribution in [1.29, 1.82) is 0 Å².